The third-order valence-corrected chi connectivity index (χ3v) is 4.02. The summed E-state index contributed by atoms with van der Waals surface area (Å²) in [6.07, 6.45) is 0.708. The number of nitrogens with two attached hydrogens (primary N) is 1. The summed E-state index contributed by atoms with van der Waals surface area (Å²) in [5.74, 6) is 0.466. The molecular formula is C17H19N3OS. The summed E-state index contributed by atoms with van der Waals surface area (Å²) in [6, 6.07) is 19.0. The first kappa shape index (κ1) is 16.1. The number of hydrogen-bond acceptors (Lipinski definition) is 3. The Kier molecular flexibility index (Phi) is 6.03. The highest BCUT2D eigenvalue weighted by molar-refractivity contribution is 8.13. The standard InChI is InChI=1S/C17H19N3OS/c18-17(19)22-12-15(11-13-7-3-1-4-8-13)20-16(21)14-9-5-2-6-10-14/h1-10,15H,11-12H2,(H3,18,19)(H,20,21). The predicted octanol–water partition coefficient (Wildman–Crippen LogP) is 2.65. The van der Waals surface area contributed by atoms with Crippen molar-refractivity contribution >= 4 is 22.8 Å². The molecule has 22 heavy (non-hydrogen) atoms. The molecule has 0 bridgehead atoms. The Bertz CT molecular complexity index is 616. The first-order valence-corrected chi connectivity index (χ1v) is 8.00. The predicted molar refractivity (Wildman–Crippen MR) is 92.2 cm³/mol. The summed E-state index contributed by atoms with van der Waals surface area (Å²) < 4.78 is 0. The van der Waals surface area contributed by atoms with Crippen molar-refractivity contribution in [3.05, 3.63) is 71.8 Å². The van der Waals surface area contributed by atoms with Crippen molar-refractivity contribution < 1.29 is 4.79 Å². The Hall–Kier alpha value is -2.27. The van der Waals surface area contributed by atoms with Crippen LogP contribution in [0.2, 0.25) is 0 Å². The maximum Gasteiger partial charge on any atom is 0.251 e. The lowest BCUT2D eigenvalue weighted by molar-refractivity contribution is 0.0941. The average Bonchev–Trinajstić information content (AvgIpc) is 2.54. The molecule has 0 radical (unpaired) electrons. The minimum atomic E-state index is -0.106. The molecule has 2 aromatic rings. The minimum Gasteiger partial charge on any atom is -0.379 e. The molecule has 2 aromatic carbocycles. The van der Waals surface area contributed by atoms with E-state index in [0.717, 1.165) is 5.56 Å². The molecule has 1 atom stereocenters. The van der Waals surface area contributed by atoms with Crippen LogP contribution < -0.4 is 11.1 Å². The highest BCUT2D eigenvalue weighted by Gasteiger charge is 2.15. The van der Waals surface area contributed by atoms with Crippen LogP contribution in [0.3, 0.4) is 0 Å². The Morgan fingerprint density at radius 1 is 1.09 bits per heavy atom. The molecule has 1 unspecified atom stereocenters. The van der Waals surface area contributed by atoms with Crippen LogP contribution in [-0.2, 0) is 6.42 Å². The van der Waals surface area contributed by atoms with Crippen molar-refractivity contribution in [1.82, 2.24) is 5.32 Å². The summed E-state index contributed by atoms with van der Waals surface area (Å²) >= 11 is 1.24. The lowest BCUT2D eigenvalue weighted by Crippen LogP contribution is -2.38. The maximum absolute atomic E-state index is 12.3. The van der Waals surface area contributed by atoms with E-state index in [1.807, 2.05) is 48.5 Å². The van der Waals surface area contributed by atoms with Gasteiger partial charge in [0.25, 0.3) is 5.91 Å². The molecule has 0 aromatic heterocycles. The summed E-state index contributed by atoms with van der Waals surface area (Å²) in [7, 11) is 0. The number of thioether (sulfide) groups is 1. The van der Waals surface area contributed by atoms with Gasteiger partial charge in [0.05, 0.1) is 0 Å². The number of amidine groups is 1. The van der Waals surface area contributed by atoms with Crippen molar-refractivity contribution in [2.24, 2.45) is 5.73 Å². The van der Waals surface area contributed by atoms with Gasteiger partial charge in [0, 0.05) is 17.4 Å². The summed E-state index contributed by atoms with van der Waals surface area (Å²) in [4.78, 5) is 12.3. The fraction of sp³-hybridized carbons (Fsp3) is 0.176. The fourth-order valence-corrected chi connectivity index (χ4v) is 2.68. The summed E-state index contributed by atoms with van der Waals surface area (Å²) in [5.41, 5.74) is 7.19. The van der Waals surface area contributed by atoms with Gasteiger partial charge in [-0.2, -0.15) is 0 Å². The lowest BCUT2D eigenvalue weighted by Gasteiger charge is -2.18. The van der Waals surface area contributed by atoms with Crippen molar-refractivity contribution in [3.8, 4) is 0 Å². The summed E-state index contributed by atoms with van der Waals surface area (Å²) in [6.45, 7) is 0. The van der Waals surface area contributed by atoms with E-state index in [1.54, 1.807) is 12.1 Å². The van der Waals surface area contributed by atoms with Crippen LogP contribution in [0.15, 0.2) is 60.7 Å². The monoisotopic (exact) mass is 313 g/mol. The molecule has 2 rings (SSSR count). The van der Waals surface area contributed by atoms with Crippen LogP contribution in [-0.4, -0.2) is 22.9 Å². The van der Waals surface area contributed by atoms with Crippen LogP contribution >= 0.6 is 11.8 Å². The Balaban J connectivity index is 2.03. The smallest absolute Gasteiger partial charge is 0.251 e. The van der Waals surface area contributed by atoms with Gasteiger partial charge in [-0.05, 0) is 24.1 Å². The van der Waals surface area contributed by atoms with Gasteiger partial charge in [-0.15, -0.1) is 0 Å². The van der Waals surface area contributed by atoms with Gasteiger partial charge >= 0.3 is 0 Å². The van der Waals surface area contributed by atoms with Crippen LogP contribution in [0.1, 0.15) is 15.9 Å². The van der Waals surface area contributed by atoms with E-state index in [-0.39, 0.29) is 17.1 Å². The quantitative estimate of drug-likeness (QED) is 0.566. The van der Waals surface area contributed by atoms with E-state index in [1.165, 1.54) is 11.8 Å². The molecule has 1 amide bonds. The second-order valence-electron chi connectivity index (χ2n) is 4.90. The third-order valence-electron chi connectivity index (χ3n) is 3.14. The van der Waals surface area contributed by atoms with Gasteiger partial charge in [-0.25, -0.2) is 0 Å². The number of nitrogens with one attached hydrogen (secondary N) is 2. The summed E-state index contributed by atoms with van der Waals surface area (Å²) in [5, 5.41) is 10.4. The van der Waals surface area contributed by atoms with Crippen molar-refractivity contribution in [1.29, 1.82) is 5.41 Å². The molecule has 4 nitrogen and oxygen atoms in total. The Morgan fingerprint density at radius 2 is 1.68 bits per heavy atom. The van der Waals surface area contributed by atoms with Gasteiger partial charge < -0.3 is 11.1 Å². The molecule has 0 aliphatic rings. The average molecular weight is 313 g/mol. The van der Waals surface area contributed by atoms with E-state index < -0.39 is 0 Å². The van der Waals surface area contributed by atoms with Crippen LogP contribution in [0.5, 0.6) is 0 Å². The van der Waals surface area contributed by atoms with Gasteiger partial charge in [0.1, 0.15) is 0 Å². The number of carbonyl (C=O) groups excluding carboxylic acids is 1. The molecule has 0 saturated heterocycles. The number of rotatable bonds is 6. The molecule has 114 valence electrons. The highest BCUT2D eigenvalue weighted by Crippen LogP contribution is 2.10. The first-order valence-electron chi connectivity index (χ1n) is 7.02. The lowest BCUT2D eigenvalue weighted by atomic mass is 10.1. The molecule has 0 aliphatic heterocycles. The van der Waals surface area contributed by atoms with Crippen LogP contribution in [0, 0.1) is 5.41 Å². The normalized spacial score (nSPS) is 11.6. The van der Waals surface area contributed by atoms with Crippen molar-refractivity contribution in [2.45, 2.75) is 12.5 Å². The topological polar surface area (TPSA) is 79.0 Å². The molecular weight excluding hydrogens is 294 g/mol. The molecule has 0 aliphatic carbocycles. The Labute approximate surface area is 134 Å². The van der Waals surface area contributed by atoms with E-state index >= 15 is 0 Å². The van der Waals surface area contributed by atoms with Crippen LogP contribution in [0.25, 0.3) is 0 Å². The highest BCUT2D eigenvalue weighted by atomic mass is 32.2. The Morgan fingerprint density at radius 3 is 2.27 bits per heavy atom. The van der Waals surface area contributed by atoms with E-state index in [9.17, 15) is 4.79 Å². The second kappa shape index (κ2) is 8.24. The van der Waals surface area contributed by atoms with Crippen molar-refractivity contribution in [3.63, 3.8) is 0 Å². The second-order valence-corrected chi connectivity index (χ2v) is 5.96. The van der Waals surface area contributed by atoms with Gasteiger partial charge in [-0.1, -0.05) is 60.3 Å². The number of benzene rings is 2. The number of hydrogen-bond donors (Lipinski definition) is 3. The first-order chi connectivity index (χ1) is 10.6. The van der Waals surface area contributed by atoms with Gasteiger partial charge in [-0.3, -0.25) is 10.2 Å². The zero-order chi connectivity index (χ0) is 15.8. The largest absolute Gasteiger partial charge is 0.379 e. The van der Waals surface area contributed by atoms with E-state index in [0.29, 0.717) is 17.7 Å². The zero-order valence-corrected chi connectivity index (χ0v) is 13.0. The molecule has 0 heterocycles. The molecule has 0 spiro atoms. The molecule has 4 N–H and O–H groups in total. The van der Waals surface area contributed by atoms with Gasteiger partial charge in [0.2, 0.25) is 0 Å². The zero-order valence-electron chi connectivity index (χ0n) is 12.2. The SMILES string of the molecule is N=C(N)SCC(Cc1ccccc1)NC(=O)c1ccccc1. The minimum absolute atomic E-state index is 0.0621. The van der Waals surface area contributed by atoms with Crippen LogP contribution in [0.4, 0.5) is 0 Å². The molecule has 0 fully saturated rings. The van der Waals surface area contributed by atoms with E-state index in [2.05, 4.69) is 5.32 Å². The fourth-order valence-electron chi connectivity index (χ4n) is 2.10. The molecule has 5 heteroatoms. The van der Waals surface area contributed by atoms with Gasteiger partial charge in [0.15, 0.2) is 5.17 Å². The van der Waals surface area contributed by atoms with E-state index in [4.69, 9.17) is 11.1 Å². The maximum atomic E-state index is 12.3. The number of amides is 1. The number of carbonyl (C=O) groups is 1. The molecule has 0 saturated carbocycles. The van der Waals surface area contributed by atoms with Crippen molar-refractivity contribution in [2.75, 3.05) is 5.75 Å². The third kappa shape index (κ3) is 5.26.